The van der Waals surface area contributed by atoms with Crippen LogP contribution in [0.4, 0.5) is 17.1 Å². The molecule has 1 aliphatic heterocycles. The average Bonchev–Trinajstić information content (AvgIpc) is 2.80. The summed E-state index contributed by atoms with van der Waals surface area (Å²) in [5.41, 5.74) is 3.05. The lowest BCUT2D eigenvalue weighted by Gasteiger charge is -2.36. The van der Waals surface area contributed by atoms with E-state index in [1.165, 1.54) is 28.0 Å². The Bertz CT molecular complexity index is 1390. The summed E-state index contributed by atoms with van der Waals surface area (Å²) in [5, 5.41) is 11.4. The van der Waals surface area contributed by atoms with Gasteiger partial charge in [-0.1, -0.05) is 30.3 Å². The molecule has 170 valence electrons. The van der Waals surface area contributed by atoms with Crippen LogP contribution in [0.3, 0.4) is 0 Å². The van der Waals surface area contributed by atoms with E-state index in [1.807, 2.05) is 32.0 Å². The molecule has 1 fully saturated rings. The lowest BCUT2D eigenvalue weighted by Crippen LogP contribution is -2.57. The zero-order chi connectivity index (χ0) is 24.6. The summed E-state index contributed by atoms with van der Waals surface area (Å²) in [6.07, 6.45) is 1.36. The van der Waals surface area contributed by atoms with Crippen molar-refractivity contribution in [1.82, 2.24) is 0 Å². The molecule has 4 rings (SSSR count). The summed E-state index contributed by atoms with van der Waals surface area (Å²) in [7, 11) is 0. The number of hydrogen-bond acceptors (Lipinski definition) is 5. The van der Waals surface area contributed by atoms with Crippen LogP contribution in [-0.4, -0.2) is 21.9 Å². The van der Waals surface area contributed by atoms with E-state index in [2.05, 4.69) is 15.9 Å². The number of thiocarbonyl (C=S) groups is 1. The Morgan fingerprint density at radius 3 is 2.15 bits per heavy atom. The number of para-hydroxylation sites is 1. The number of carbonyl (C=O) groups is 2. The molecule has 0 aromatic heterocycles. The highest BCUT2D eigenvalue weighted by molar-refractivity contribution is 9.10. The molecule has 7 nitrogen and oxygen atoms in total. The molecule has 0 radical (unpaired) electrons. The van der Waals surface area contributed by atoms with Gasteiger partial charge in [0.15, 0.2) is 5.11 Å². The summed E-state index contributed by atoms with van der Waals surface area (Å²) in [6, 6.07) is 18.7. The molecule has 0 aliphatic carbocycles. The van der Waals surface area contributed by atoms with Crippen molar-refractivity contribution in [3.05, 3.63) is 104 Å². The summed E-state index contributed by atoms with van der Waals surface area (Å²) in [5.74, 6) is -1.21. The minimum absolute atomic E-state index is 0.0309. The molecule has 0 unspecified atom stereocenters. The Morgan fingerprint density at radius 2 is 1.53 bits per heavy atom. The predicted octanol–water partition coefficient (Wildman–Crippen LogP) is 5.72. The Morgan fingerprint density at radius 1 is 0.882 bits per heavy atom. The van der Waals surface area contributed by atoms with Crippen molar-refractivity contribution in [1.29, 1.82) is 0 Å². The van der Waals surface area contributed by atoms with E-state index < -0.39 is 16.7 Å². The number of rotatable bonds is 4. The average molecular weight is 536 g/mol. The number of nitrogens with zero attached hydrogens (tertiary/aromatic N) is 3. The largest absolute Gasteiger partial charge is 0.284 e. The molecule has 0 atom stereocenters. The van der Waals surface area contributed by atoms with Gasteiger partial charge in [-0.25, -0.2) is 0 Å². The molecule has 0 saturated carbocycles. The lowest BCUT2D eigenvalue weighted by molar-refractivity contribution is -0.385. The predicted molar refractivity (Wildman–Crippen MR) is 139 cm³/mol. The lowest BCUT2D eigenvalue weighted by atomic mass is 10.0. The maximum atomic E-state index is 13.6. The van der Waals surface area contributed by atoms with Crippen LogP contribution >= 0.6 is 28.1 Å². The number of aryl methyl sites for hydroxylation is 2. The summed E-state index contributed by atoms with van der Waals surface area (Å²) >= 11 is 8.77. The van der Waals surface area contributed by atoms with Crippen LogP contribution in [0.2, 0.25) is 0 Å². The molecule has 1 saturated heterocycles. The first-order valence-corrected chi connectivity index (χ1v) is 11.4. The van der Waals surface area contributed by atoms with Crippen LogP contribution in [0.25, 0.3) is 6.08 Å². The number of anilines is 2. The van der Waals surface area contributed by atoms with Crippen LogP contribution < -0.4 is 9.80 Å². The quantitative estimate of drug-likeness (QED) is 0.140. The van der Waals surface area contributed by atoms with Crippen molar-refractivity contribution in [2.45, 2.75) is 13.8 Å². The van der Waals surface area contributed by atoms with Gasteiger partial charge >= 0.3 is 0 Å². The fraction of sp³-hybridized carbons (Fsp3) is 0.0800. The fourth-order valence-corrected chi connectivity index (χ4v) is 4.32. The van der Waals surface area contributed by atoms with Crippen LogP contribution in [-0.2, 0) is 9.59 Å². The van der Waals surface area contributed by atoms with Crippen LogP contribution in [0.5, 0.6) is 0 Å². The van der Waals surface area contributed by atoms with E-state index in [4.69, 9.17) is 12.2 Å². The molecule has 0 bridgehead atoms. The van der Waals surface area contributed by atoms with Crippen molar-refractivity contribution in [3.63, 3.8) is 0 Å². The number of halogens is 1. The maximum Gasteiger partial charge on any atom is 0.284 e. The molecule has 1 heterocycles. The zero-order valence-corrected chi connectivity index (χ0v) is 20.6. The van der Waals surface area contributed by atoms with Gasteiger partial charge in [0, 0.05) is 6.07 Å². The van der Waals surface area contributed by atoms with Gasteiger partial charge in [0.25, 0.3) is 17.5 Å². The van der Waals surface area contributed by atoms with Gasteiger partial charge in [0.1, 0.15) is 5.57 Å². The second kappa shape index (κ2) is 9.28. The number of carbonyl (C=O) groups excluding carboxylic acids is 2. The molecule has 2 amide bonds. The highest BCUT2D eigenvalue weighted by Crippen LogP contribution is 2.32. The number of nitro groups is 1. The molecule has 3 aromatic carbocycles. The third-order valence-corrected chi connectivity index (χ3v) is 6.53. The Labute approximate surface area is 209 Å². The molecule has 0 spiro atoms. The van der Waals surface area contributed by atoms with Crippen LogP contribution in [0.15, 0.2) is 76.8 Å². The minimum Gasteiger partial charge on any atom is -0.268 e. The second-order valence-electron chi connectivity index (χ2n) is 7.69. The van der Waals surface area contributed by atoms with Gasteiger partial charge in [-0.3, -0.25) is 29.5 Å². The molecule has 0 N–H and O–H groups in total. The Hall–Kier alpha value is -3.69. The number of hydrogen-bond donors (Lipinski definition) is 0. The monoisotopic (exact) mass is 535 g/mol. The van der Waals surface area contributed by atoms with Crippen LogP contribution in [0, 0.1) is 24.0 Å². The Balaban J connectivity index is 1.89. The van der Waals surface area contributed by atoms with Crippen molar-refractivity contribution in [3.8, 4) is 0 Å². The topological polar surface area (TPSA) is 83.8 Å². The fourth-order valence-electron chi connectivity index (χ4n) is 3.55. The third kappa shape index (κ3) is 4.27. The van der Waals surface area contributed by atoms with E-state index in [0.29, 0.717) is 21.4 Å². The summed E-state index contributed by atoms with van der Waals surface area (Å²) in [4.78, 5) is 40.5. The van der Waals surface area contributed by atoms with Crippen molar-refractivity contribution in [2.24, 2.45) is 0 Å². The first-order valence-electron chi connectivity index (χ1n) is 10.2. The van der Waals surface area contributed by atoms with E-state index in [0.717, 1.165) is 11.1 Å². The molecule has 3 aromatic rings. The van der Waals surface area contributed by atoms with Gasteiger partial charge < -0.3 is 0 Å². The van der Waals surface area contributed by atoms with Crippen molar-refractivity contribution >= 4 is 68.2 Å². The first-order chi connectivity index (χ1) is 16.2. The highest BCUT2D eigenvalue weighted by Gasteiger charge is 2.41. The second-order valence-corrected chi connectivity index (χ2v) is 8.91. The molecule has 1 aliphatic rings. The Kier molecular flexibility index (Phi) is 6.41. The number of nitro benzene ring substituents is 1. The van der Waals surface area contributed by atoms with Crippen molar-refractivity contribution in [2.75, 3.05) is 9.80 Å². The maximum absolute atomic E-state index is 13.6. The SMILES string of the molecule is Cc1ccc(N2C(=O)/C(=C/c3ccc(Br)c([N+](=O)[O-])c3)C(=O)N(c3ccccc3)C2=S)cc1C. The van der Waals surface area contributed by atoms with Gasteiger partial charge in [0.05, 0.1) is 20.8 Å². The number of benzene rings is 3. The van der Waals surface area contributed by atoms with Crippen molar-refractivity contribution < 1.29 is 14.5 Å². The minimum atomic E-state index is -0.605. The smallest absolute Gasteiger partial charge is 0.268 e. The summed E-state index contributed by atoms with van der Waals surface area (Å²) < 4.78 is 0.296. The van der Waals surface area contributed by atoms with Gasteiger partial charge in [-0.15, -0.1) is 0 Å². The summed E-state index contributed by atoms with van der Waals surface area (Å²) in [6.45, 7) is 3.88. The molecular weight excluding hydrogens is 518 g/mol. The number of amides is 2. The van der Waals surface area contributed by atoms with E-state index in [-0.39, 0.29) is 16.4 Å². The molecular formula is C25H18BrN3O4S. The third-order valence-electron chi connectivity index (χ3n) is 5.49. The van der Waals surface area contributed by atoms with E-state index >= 15 is 0 Å². The molecule has 9 heteroatoms. The van der Waals surface area contributed by atoms with Gasteiger partial charge in [0.2, 0.25) is 0 Å². The van der Waals surface area contributed by atoms with E-state index in [9.17, 15) is 19.7 Å². The van der Waals surface area contributed by atoms with Crippen LogP contribution in [0.1, 0.15) is 16.7 Å². The highest BCUT2D eigenvalue weighted by atomic mass is 79.9. The first kappa shape index (κ1) is 23.5. The van der Waals surface area contributed by atoms with Gasteiger partial charge in [-0.2, -0.15) is 0 Å². The standard InChI is InChI=1S/C25H18BrN3O4S/c1-15-8-10-19(12-16(15)2)28-24(31)20(13-17-9-11-21(26)22(14-17)29(32)33)23(30)27(25(28)34)18-6-4-3-5-7-18/h3-14H,1-2H3/b20-13+. The molecule has 34 heavy (non-hydrogen) atoms. The zero-order valence-electron chi connectivity index (χ0n) is 18.2. The normalized spacial score (nSPS) is 15.3. The van der Waals surface area contributed by atoms with Gasteiger partial charge in [-0.05, 0) is 95.1 Å². The van der Waals surface area contributed by atoms with E-state index in [1.54, 1.807) is 36.4 Å².